The van der Waals surface area contributed by atoms with Gasteiger partial charge in [0.05, 0.1) is 25.9 Å². The van der Waals surface area contributed by atoms with E-state index >= 15 is 0 Å². The molecule has 208 valence electrons. The van der Waals surface area contributed by atoms with Crippen LogP contribution in [0.3, 0.4) is 0 Å². The first kappa shape index (κ1) is 30.1. The fraction of sp³-hybridized carbons (Fsp3) is 0.355. The van der Waals surface area contributed by atoms with Gasteiger partial charge in [-0.3, -0.25) is 0 Å². The second-order valence-corrected chi connectivity index (χ2v) is 10.1. The number of pyridine rings is 1. The van der Waals surface area contributed by atoms with Crippen molar-refractivity contribution in [1.82, 2.24) is 4.98 Å². The van der Waals surface area contributed by atoms with Crippen LogP contribution in [-0.2, 0) is 11.2 Å². The van der Waals surface area contributed by atoms with Crippen molar-refractivity contribution in [1.29, 1.82) is 0 Å². The van der Waals surface area contributed by atoms with Crippen molar-refractivity contribution >= 4 is 23.8 Å². The molecule has 0 radical (unpaired) electrons. The first-order valence-corrected chi connectivity index (χ1v) is 14.0. The number of nitrogens with zero attached hydrogens (tertiary/aromatic N) is 1. The van der Waals surface area contributed by atoms with Crippen LogP contribution >= 0.6 is 11.8 Å². The Balaban J connectivity index is 1.43. The molecule has 0 amide bonds. The van der Waals surface area contributed by atoms with Crippen LogP contribution in [0.4, 0.5) is 0 Å². The maximum Gasteiger partial charge on any atom is 0.328 e. The fourth-order valence-corrected chi connectivity index (χ4v) is 4.80. The molecule has 0 saturated carbocycles. The van der Waals surface area contributed by atoms with Gasteiger partial charge in [0.15, 0.2) is 0 Å². The van der Waals surface area contributed by atoms with Gasteiger partial charge in [0.1, 0.15) is 28.4 Å². The van der Waals surface area contributed by atoms with E-state index in [1.807, 2.05) is 30.3 Å². The van der Waals surface area contributed by atoms with Gasteiger partial charge in [-0.2, -0.15) is 0 Å². The van der Waals surface area contributed by atoms with E-state index in [-0.39, 0.29) is 0 Å². The Hall–Kier alpha value is -3.49. The lowest BCUT2D eigenvalue weighted by Crippen LogP contribution is -2.02. The zero-order chi connectivity index (χ0) is 27.9. The van der Waals surface area contributed by atoms with E-state index in [2.05, 4.69) is 17.1 Å². The van der Waals surface area contributed by atoms with Crippen molar-refractivity contribution in [3.8, 4) is 17.2 Å². The summed E-state index contributed by atoms with van der Waals surface area (Å²) in [6.07, 6.45) is 10.2. The third-order valence-electron chi connectivity index (χ3n) is 6.13. The molecule has 0 fully saturated rings. The highest BCUT2D eigenvalue weighted by Gasteiger charge is 2.13. The number of hydrogen-bond donors (Lipinski definition) is 2. The highest BCUT2D eigenvalue weighted by atomic mass is 32.2. The molecule has 1 unspecified atom stereocenters. The lowest BCUT2D eigenvalue weighted by Gasteiger charge is -2.13. The van der Waals surface area contributed by atoms with Crippen LogP contribution < -0.4 is 14.2 Å². The number of carbonyl (C=O) groups is 1. The molecule has 0 bridgehead atoms. The molecule has 1 atom stereocenters. The normalized spacial score (nSPS) is 11.9. The highest BCUT2D eigenvalue weighted by molar-refractivity contribution is 7.99. The third kappa shape index (κ3) is 10.7. The second-order valence-electron chi connectivity index (χ2n) is 9.02. The van der Waals surface area contributed by atoms with E-state index in [1.54, 1.807) is 32.4 Å². The van der Waals surface area contributed by atoms with Crippen molar-refractivity contribution < 1.29 is 29.2 Å². The summed E-state index contributed by atoms with van der Waals surface area (Å²) in [5.41, 5.74) is 1.58. The molecule has 0 aliphatic carbocycles. The maximum atomic E-state index is 11.1. The number of thioether (sulfide) groups is 1. The molecule has 0 spiro atoms. The smallest absolute Gasteiger partial charge is 0.328 e. The average Bonchev–Trinajstić information content (AvgIpc) is 2.96. The van der Waals surface area contributed by atoms with Gasteiger partial charge in [-0.05, 0) is 72.9 Å². The Morgan fingerprint density at radius 2 is 1.64 bits per heavy atom. The molecule has 1 aromatic heterocycles. The summed E-state index contributed by atoms with van der Waals surface area (Å²) in [5, 5.41) is 20.3. The molecule has 3 rings (SSSR count). The van der Waals surface area contributed by atoms with E-state index in [1.165, 1.54) is 30.9 Å². The molecule has 2 aromatic carbocycles. The van der Waals surface area contributed by atoms with E-state index in [0.29, 0.717) is 34.4 Å². The van der Waals surface area contributed by atoms with E-state index in [4.69, 9.17) is 19.3 Å². The van der Waals surface area contributed by atoms with Gasteiger partial charge >= 0.3 is 5.97 Å². The van der Waals surface area contributed by atoms with E-state index in [0.717, 1.165) is 49.3 Å². The Morgan fingerprint density at radius 1 is 0.923 bits per heavy atom. The average molecular weight is 552 g/mol. The molecule has 2 N–H and O–H groups in total. The summed E-state index contributed by atoms with van der Waals surface area (Å²) in [7, 11) is 3.25. The lowest BCUT2D eigenvalue weighted by molar-refractivity contribution is -0.131. The third-order valence-corrected chi connectivity index (χ3v) is 7.10. The van der Waals surface area contributed by atoms with Crippen LogP contribution in [0, 0.1) is 0 Å². The summed E-state index contributed by atoms with van der Waals surface area (Å²) in [6, 6.07) is 19.0. The quantitative estimate of drug-likeness (QED) is 0.0806. The van der Waals surface area contributed by atoms with Gasteiger partial charge in [-0.15, -0.1) is 0 Å². The number of carboxylic acid groups (broad SMARTS) is 1. The first-order valence-electron chi connectivity index (χ1n) is 13.1. The van der Waals surface area contributed by atoms with Crippen molar-refractivity contribution in [2.75, 3.05) is 20.8 Å². The molecule has 39 heavy (non-hydrogen) atoms. The minimum Gasteiger partial charge on any atom is -0.497 e. The lowest BCUT2D eigenvalue weighted by atomic mass is 10.0. The molecule has 3 aromatic rings. The summed E-state index contributed by atoms with van der Waals surface area (Å²) in [4.78, 5) is 15.6. The van der Waals surface area contributed by atoms with Crippen LogP contribution in [-0.4, -0.2) is 42.0 Å². The molecule has 8 heteroatoms. The topological polar surface area (TPSA) is 98.1 Å². The molecule has 0 aliphatic rings. The minimum absolute atomic E-state index is 0.416. The van der Waals surface area contributed by atoms with Gasteiger partial charge in [-0.25, -0.2) is 9.78 Å². The van der Waals surface area contributed by atoms with Crippen molar-refractivity contribution in [3.05, 3.63) is 83.6 Å². The van der Waals surface area contributed by atoms with E-state index in [9.17, 15) is 9.90 Å². The SMILES string of the molecule is COc1ccc(CCCCCCCCOc2ccc(SC(O)c3cccc(OC)c3)nc2C=CC(=O)O)cc1. The van der Waals surface area contributed by atoms with Crippen molar-refractivity contribution in [3.63, 3.8) is 0 Å². The van der Waals surface area contributed by atoms with Gasteiger partial charge in [0.25, 0.3) is 0 Å². The molecular formula is C31H37NO6S. The number of ether oxygens (including phenoxy) is 3. The van der Waals surface area contributed by atoms with Crippen molar-refractivity contribution in [2.24, 2.45) is 0 Å². The highest BCUT2D eigenvalue weighted by Crippen LogP contribution is 2.34. The number of rotatable bonds is 17. The van der Waals surface area contributed by atoms with E-state index < -0.39 is 11.4 Å². The number of aliphatic hydroxyl groups is 1. The monoisotopic (exact) mass is 551 g/mol. The Labute approximate surface area is 234 Å². The van der Waals surface area contributed by atoms with Gasteiger partial charge < -0.3 is 24.4 Å². The molecule has 1 heterocycles. The molecule has 0 aliphatic heterocycles. The summed E-state index contributed by atoms with van der Waals surface area (Å²) in [6.45, 7) is 0.528. The number of aryl methyl sites for hydroxylation is 1. The van der Waals surface area contributed by atoms with Crippen molar-refractivity contribution in [2.45, 2.75) is 55.4 Å². The number of aliphatic carboxylic acids is 1. The number of benzene rings is 2. The molecular weight excluding hydrogens is 514 g/mol. The van der Waals surface area contributed by atoms with Crippen LogP contribution in [0.15, 0.2) is 71.8 Å². The van der Waals surface area contributed by atoms with Crippen LogP contribution in [0.1, 0.15) is 60.8 Å². The zero-order valence-electron chi connectivity index (χ0n) is 22.5. The Morgan fingerprint density at radius 3 is 2.36 bits per heavy atom. The molecule has 0 saturated heterocycles. The van der Waals surface area contributed by atoms with Gasteiger partial charge in [-0.1, -0.05) is 61.7 Å². The number of carboxylic acids is 1. The number of aromatic nitrogens is 1. The summed E-state index contributed by atoms with van der Waals surface area (Å²) >= 11 is 1.16. The Kier molecular flexibility index (Phi) is 12.7. The second kappa shape index (κ2) is 16.5. The first-order chi connectivity index (χ1) is 19.0. The van der Waals surface area contributed by atoms with Gasteiger partial charge in [0.2, 0.25) is 0 Å². The van der Waals surface area contributed by atoms with Crippen LogP contribution in [0.25, 0.3) is 6.08 Å². The van der Waals surface area contributed by atoms with Gasteiger partial charge in [0, 0.05) is 6.08 Å². The summed E-state index contributed by atoms with van der Waals surface area (Å²) < 4.78 is 16.4. The Bertz CT molecular complexity index is 1200. The van der Waals surface area contributed by atoms with Crippen LogP contribution in [0.2, 0.25) is 0 Å². The van der Waals surface area contributed by atoms with Crippen LogP contribution in [0.5, 0.6) is 17.2 Å². The maximum absolute atomic E-state index is 11.1. The zero-order valence-corrected chi connectivity index (χ0v) is 23.4. The minimum atomic E-state index is -1.07. The standard InChI is InChI=1S/C31H37NO6S/c1-36-25-15-13-23(14-16-25)10-7-5-3-4-6-8-21-38-28-18-19-29(32-27(28)17-20-30(33)34)39-31(35)24-11-9-12-26(22-24)37-2/h9,11-20,22,31,35H,3-8,10,21H2,1-2H3,(H,33,34). The summed E-state index contributed by atoms with van der Waals surface area (Å²) in [5.74, 6) is 0.999. The number of aliphatic hydroxyl groups excluding tert-OH is 1. The predicted molar refractivity (Wildman–Crippen MR) is 155 cm³/mol. The number of hydrogen-bond acceptors (Lipinski definition) is 7. The molecule has 7 nitrogen and oxygen atoms in total. The fourth-order valence-electron chi connectivity index (χ4n) is 3.99. The number of methoxy groups -OCH3 is 2. The largest absolute Gasteiger partial charge is 0.497 e. The predicted octanol–water partition coefficient (Wildman–Crippen LogP) is 6.94. The number of unbranched alkanes of at least 4 members (excludes halogenated alkanes) is 5.